The largest absolute Gasteiger partial charge is 0.456 e. The first kappa shape index (κ1) is 25.3. The van der Waals surface area contributed by atoms with Gasteiger partial charge in [-0.2, -0.15) is 22.0 Å². The van der Waals surface area contributed by atoms with Gasteiger partial charge in [0.25, 0.3) is 0 Å². The first-order valence-electron chi connectivity index (χ1n) is 12.4. The van der Waals surface area contributed by atoms with Crippen molar-refractivity contribution in [2.24, 2.45) is 29.1 Å². The number of benzene rings is 1. The number of carbonyl (C=O) groups excluding carboxylic acids is 2. The van der Waals surface area contributed by atoms with Crippen LogP contribution in [0.5, 0.6) is 0 Å². The molecule has 1 aromatic carbocycles. The van der Waals surface area contributed by atoms with E-state index in [-0.39, 0.29) is 35.7 Å². The summed E-state index contributed by atoms with van der Waals surface area (Å²) < 4.78 is 70.6. The lowest BCUT2D eigenvalue weighted by molar-refractivity contribution is -0.354. The molecule has 0 heterocycles. The zero-order valence-electron chi connectivity index (χ0n) is 20.1. The van der Waals surface area contributed by atoms with Crippen LogP contribution in [0.3, 0.4) is 0 Å². The highest BCUT2D eigenvalue weighted by molar-refractivity contribution is 5.94. The van der Waals surface area contributed by atoms with Gasteiger partial charge in [0.05, 0.1) is 0 Å². The van der Waals surface area contributed by atoms with Crippen LogP contribution in [0.25, 0.3) is 0 Å². The number of aliphatic hydroxyl groups is 1. The average Bonchev–Trinajstić information content (AvgIpc) is 3.09. The fourth-order valence-electron chi connectivity index (χ4n) is 7.77. The first-order chi connectivity index (χ1) is 16.7. The molecule has 2 saturated carbocycles. The van der Waals surface area contributed by atoms with Gasteiger partial charge in [0.15, 0.2) is 17.2 Å². The van der Waals surface area contributed by atoms with Crippen molar-refractivity contribution in [3.63, 3.8) is 0 Å². The Hall–Kier alpha value is -2.35. The summed E-state index contributed by atoms with van der Waals surface area (Å²) in [4.78, 5) is 23.9. The van der Waals surface area contributed by atoms with Crippen molar-refractivity contribution in [3.8, 4) is 0 Å². The number of alkyl halides is 5. The lowest BCUT2D eigenvalue weighted by atomic mass is 9.46. The zero-order chi connectivity index (χ0) is 26.3. The molecule has 1 N–H and O–H groups in total. The van der Waals surface area contributed by atoms with Gasteiger partial charge < -0.3 is 5.11 Å². The maximum absolute atomic E-state index is 14.9. The first-order valence-corrected chi connectivity index (χ1v) is 12.4. The SMILES string of the molecule is CC(=O)c1ccc([C@H]2C[C@@]3(C)[C@@H](C=C[C@@]3(O)C(F)(F)C(F)(F)F)[C@@H]3CCC4=CC(=O)CC[C@@H]4[C@H]32)cc1. The Bertz CT molecular complexity index is 1150. The third-order valence-electron chi connectivity index (χ3n) is 9.55. The summed E-state index contributed by atoms with van der Waals surface area (Å²) in [6.07, 6.45) is -0.105. The van der Waals surface area contributed by atoms with Crippen molar-refractivity contribution in [3.05, 3.63) is 59.2 Å². The van der Waals surface area contributed by atoms with Gasteiger partial charge in [-0.1, -0.05) is 42.8 Å². The molecule has 5 rings (SSSR count). The molecule has 8 heteroatoms. The van der Waals surface area contributed by atoms with Gasteiger partial charge in [-0.25, -0.2) is 0 Å². The topological polar surface area (TPSA) is 54.4 Å². The summed E-state index contributed by atoms with van der Waals surface area (Å²) in [6, 6.07) is 6.79. The third kappa shape index (κ3) is 3.39. The normalized spacial score (nSPS) is 38.2. The number of hydrogen-bond acceptors (Lipinski definition) is 3. The van der Waals surface area contributed by atoms with Crippen LogP contribution in [0, 0.1) is 29.1 Å². The van der Waals surface area contributed by atoms with E-state index in [0.29, 0.717) is 37.3 Å². The maximum atomic E-state index is 14.9. The summed E-state index contributed by atoms with van der Waals surface area (Å²) in [5, 5.41) is 11.2. The second kappa shape index (κ2) is 8.07. The molecule has 194 valence electrons. The fourth-order valence-corrected chi connectivity index (χ4v) is 7.77. The zero-order valence-corrected chi connectivity index (χ0v) is 20.1. The molecule has 0 aliphatic heterocycles. The predicted octanol–water partition coefficient (Wildman–Crippen LogP) is 6.43. The van der Waals surface area contributed by atoms with Crippen LogP contribution in [0.4, 0.5) is 22.0 Å². The van der Waals surface area contributed by atoms with E-state index in [1.807, 2.05) is 0 Å². The number of Topliss-reactive ketones (excluding diaryl/α,β-unsaturated/α-hetero) is 1. The van der Waals surface area contributed by atoms with Crippen molar-refractivity contribution in [2.45, 2.75) is 69.6 Å². The van der Waals surface area contributed by atoms with Gasteiger partial charge in [-0.3, -0.25) is 9.59 Å². The fraction of sp³-hybridized carbons (Fsp3) is 0.571. The Morgan fingerprint density at radius 3 is 2.31 bits per heavy atom. The Labute approximate surface area is 206 Å². The molecule has 1 aromatic rings. The number of halogens is 5. The van der Waals surface area contributed by atoms with Gasteiger partial charge in [0.2, 0.25) is 0 Å². The van der Waals surface area contributed by atoms with Crippen LogP contribution < -0.4 is 0 Å². The highest BCUT2D eigenvalue weighted by atomic mass is 19.4. The van der Waals surface area contributed by atoms with E-state index in [1.54, 1.807) is 30.3 Å². The van der Waals surface area contributed by atoms with Crippen LogP contribution in [0.1, 0.15) is 67.8 Å². The molecule has 0 aromatic heterocycles. The Morgan fingerprint density at radius 2 is 1.69 bits per heavy atom. The van der Waals surface area contributed by atoms with Crippen molar-refractivity contribution >= 4 is 11.6 Å². The van der Waals surface area contributed by atoms with Crippen LogP contribution in [0.15, 0.2) is 48.1 Å². The lowest BCUT2D eigenvalue weighted by Crippen LogP contribution is -2.66. The van der Waals surface area contributed by atoms with Gasteiger partial charge >= 0.3 is 12.1 Å². The molecule has 0 bridgehead atoms. The smallest absolute Gasteiger partial charge is 0.378 e. The molecule has 0 radical (unpaired) electrons. The van der Waals surface area contributed by atoms with Crippen molar-refractivity contribution in [1.29, 1.82) is 0 Å². The number of ketones is 2. The van der Waals surface area contributed by atoms with E-state index >= 15 is 0 Å². The van der Waals surface area contributed by atoms with E-state index in [2.05, 4.69) is 0 Å². The number of carbonyl (C=O) groups is 2. The second-order valence-corrected chi connectivity index (χ2v) is 11.2. The lowest BCUT2D eigenvalue weighted by Gasteiger charge is -2.59. The molecule has 0 amide bonds. The van der Waals surface area contributed by atoms with Crippen molar-refractivity contribution in [1.82, 2.24) is 0 Å². The monoisotopic (exact) mass is 508 g/mol. The summed E-state index contributed by atoms with van der Waals surface area (Å²) in [5.41, 5.74) is -2.89. The van der Waals surface area contributed by atoms with E-state index < -0.39 is 35.0 Å². The molecular weight excluding hydrogens is 479 g/mol. The number of fused-ring (bicyclic) bond motifs is 5. The molecule has 2 fully saturated rings. The highest BCUT2D eigenvalue weighted by Gasteiger charge is 2.78. The van der Waals surface area contributed by atoms with Gasteiger partial charge in [0, 0.05) is 17.4 Å². The molecule has 0 saturated heterocycles. The molecule has 0 unspecified atom stereocenters. The third-order valence-corrected chi connectivity index (χ3v) is 9.55. The van der Waals surface area contributed by atoms with E-state index in [9.17, 15) is 36.6 Å². The minimum atomic E-state index is -5.91. The molecule has 0 spiro atoms. The van der Waals surface area contributed by atoms with E-state index in [4.69, 9.17) is 0 Å². The van der Waals surface area contributed by atoms with Crippen LogP contribution in [0.2, 0.25) is 0 Å². The van der Waals surface area contributed by atoms with Gasteiger partial charge in [-0.05, 0) is 79.9 Å². The molecule has 7 atom stereocenters. The Balaban J connectivity index is 1.64. The molecule has 4 aliphatic rings. The maximum Gasteiger partial charge on any atom is 0.456 e. The predicted molar refractivity (Wildman–Crippen MR) is 123 cm³/mol. The Kier molecular flexibility index (Phi) is 5.67. The van der Waals surface area contributed by atoms with Gasteiger partial charge in [0.1, 0.15) is 0 Å². The highest BCUT2D eigenvalue weighted by Crippen LogP contribution is 2.69. The molecule has 3 nitrogen and oxygen atoms in total. The van der Waals surface area contributed by atoms with Crippen LogP contribution >= 0.6 is 0 Å². The second-order valence-electron chi connectivity index (χ2n) is 11.2. The molecular formula is C28H29F5O3. The van der Waals surface area contributed by atoms with Crippen LogP contribution in [-0.4, -0.2) is 34.4 Å². The quantitative estimate of drug-likeness (QED) is 0.291. The summed E-state index contributed by atoms with van der Waals surface area (Å²) in [6.45, 7) is 2.79. The van der Waals surface area contributed by atoms with Crippen molar-refractivity contribution in [2.75, 3.05) is 0 Å². The summed E-state index contributed by atoms with van der Waals surface area (Å²) >= 11 is 0. The molecule has 36 heavy (non-hydrogen) atoms. The summed E-state index contributed by atoms with van der Waals surface area (Å²) in [5.74, 6) is -6.77. The van der Waals surface area contributed by atoms with E-state index in [0.717, 1.165) is 11.1 Å². The van der Waals surface area contributed by atoms with E-state index in [1.165, 1.54) is 19.9 Å². The average molecular weight is 509 g/mol. The number of rotatable bonds is 3. The number of hydrogen-bond donors (Lipinski definition) is 1. The Morgan fingerprint density at radius 1 is 1.03 bits per heavy atom. The minimum absolute atomic E-state index is 0.0219. The van der Waals surface area contributed by atoms with Crippen LogP contribution in [-0.2, 0) is 4.79 Å². The standard InChI is InChI=1S/C28H29F5O3/c1-15(34)16-3-5-17(6-4-16)22-14-25(2)23(11-12-26(25,36)27(29,30)28(31,32)33)21-9-7-18-13-19(35)8-10-20(18)24(21)22/h3-6,11-13,20-24,36H,7-10,14H2,1-2H3/t20-,21-,22+,23-,24+,25-,26-/m0/s1. The minimum Gasteiger partial charge on any atom is -0.378 e. The molecule has 4 aliphatic carbocycles. The number of allylic oxidation sites excluding steroid dienone is 3. The summed E-state index contributed by atoms with van der Waals surface area (Å²) in [7, 11) is 0. The van der Waals surface area contributed by atoms with Gasteiger partial charge in [-0.15, -0.1) is 0 Å². The van der Waals surface area contributed by atoms with Crippen molar-refractivity contribution < 1.29 is 36.6 Å².